The third-order valence-corrected chi connectivity index (χ3v) is 5.24. The molecule has 0 bridgehead atoms. The molecule has 4 aromatic rings. The normalized spacial score (nSPS) is 11.0. The highest BCUT2D eigenvalue weighted by molar-refractivity contribution is 7.14. The summed E-state index contributed by atoms with van der Waals surface area (Å²) < 4.78 is 30.1. The lowest BCUT2D eigenvalue weighted by molar-refractivity contribution is 0.618. The van der Waals surface area contributed by atoms with Crippen LogP contribution in [0.4, 0.5) is 19.6 Å². The van der Waals surface area contributed by atoms with E-state index in [4.69, 9.17) is 0 Å². The predicted octanol–water partition coefficient (Wildman–Crippen LogP) is 5.94. The molecule has 0 aliphatic carbocycles. The highest BCUT2D eigenvalue weighted by Crippen LogP contribution is 2.30. The predicted molar refractivity (Wildman–Crippen MR) is 109 cm³/mol. The number of imidazole rings is 1. The quantitative estimate of drug-likeness (QED) is 0.464. The zero-order valence-corrected chi connectivity index (χ0v) is 16.4. The number of nitrogens with zero attached hydrogens (tertiary/aromatic N) is 3. The lowest BCUT2D eigenvalue weighted by atomic mass is 10.1. The molecule has 0 atom stereocenters. The maximum absolute atomic E-state index is 14.6. The van der Waals surface area contributed by atoms with E-state index in [1.807, 2.05) is 25.3 Å². The van der Waals surface area contributed by atoms with Crippen molar-refractivity contribution in [2.24, 2.45) is 0 Å². The molecule has 0 amide bonds. The third kappa shape index (κ3) is 3.53. The van der Waals surface area contributed by atoms with Crippen LogP contribution in [0, 0.1) is 32.4 Å². The SMILES string of the molecule is Cc1cn(-c2ccc(-c3csc(Nc4cc(F)c(C)cc4C)n3)cc2F)cn1. The number of anilines is 2. The van der Waals surface area contributed by atoms with Crippen LogP contribution in [-0.2, 0) is 0 Å². The van der Waals surface area contributed by atoms with E-state index in [0.29, 0.717) is 33.3 Å². The molecule has 28 heavy (non-hydrogen) atoms. The number of nitrogens with one attached hydrogen (secondary N) is 1. The first-order chi connectivity index (χ1) is 13.4. The van der Waals surface area contributed by atoms with Crippen molar-refractivity contribution in [3.8, 4) is 16.9 Å². The molecular weight excluding hydrogens is 378 g/mol. The fraction of sp³-hybridized carbons (Fsp3) is 0.143. The molecule has 0 aliphatic heterocycles. The number of thiazole rings is 1. The van der Waals surface area contributed by atoms with Crippen LogP contribution in [-0.4, -0.2) is 14.5 Å². The number of aromatic nitrogens is 3. The van der Waals surface area contributed by atoms with E-state index in [1.54, 1.807) is 36.1 Å². The number of benzene rings is 2. The van der Waals surface area contributed by atoms with Gasteiger partial charge < -0.3 is 9.88 Å². The average molecular weight is 396 g/mol. The molecule has 2 heterocycles. The zero-order chi connectivity index (χ0) is 19.8. The second kappa shape index (κ2) is 7.16. The molecule has 4 rings (SSSR count). The highest BCUT2D eigenvalue weighted by atomic mass is 32.1. The second-order valence-corrected chi connectivity index (χ2v) is 7.53. The van der Waals surface area contributed by atoms with E-state index in [0.717, 1.165) is 11.3 Å². The monoisotopic (exact) mass is 396 g/mol. The summed E-state index contributed by atoms with van der Waals surface area (Å²) in [6.07, 6.45) is 3.35. The van der Waals surface area contributed by atoms with Gasteiger partial charge in [-0.1, -0.05) is 12.1 Å². The molecule has 0 saturated carbocycles. The van der Waals surface area contributed by atoms with Gasteiger partial charge in [-0.15, -0.1) is 11.3 Å². The van der Waals surface area contributed by atoms with Gasteiger partial charge >= 0.3 is 0 Å². The highest BCUT2D eigenvalue weighted by Gasteiger charge is 2.11. The van der Waals surface area contributed by atoms with Crippen LogP contribution < -0.4 is 5.32 Å². The molecule has 0 fully saturated rings. The summed E-state index contributed by atoms with van der Waals surface area (Å²) in [6, 6.07) is 8.24. The molecule has 7 heteroatoms. The maximum Gasteiger partial charge on any atom is 0.187 e. The first-order valence-electron chi connectivity index (χ1n) is 8.71. The first-order valence-corrected chi connectivity index (χ1v) is 9.59. The van der Waals surface area contributed by atoms with Crippen molar-refractivity contribution in [1.29, 1.82) is 0 Å². The Hall–Kier alpha value is -3.06. The Morgan fingerprint density at radius 3 is 2.54 bits per heavy atom. The third-order valence-electron chi connectivity index (χ3n) is 4.48. The summed E-state index contributed by atoms with van der Waals surface area (Å²) in [6.45, 7) is 5.50. The van der Waals surface area contributed by atoms with Gasteiger partial charge in [0.1, 0.15) is 11.6 Å². The van der Waals surface area contributed by atoms with E-state index in [2.05, 4.69) is 15.3 Å². The number of hydrogen-bond acceptors (Lipinski definition) is 4. The van der Waals surface area contributed by atoms with Crippen molar-refractivity contribution in [2.75, 3.05) is 5.32 Å². The van der Waals surface area contributed by atoms with Crippen molar-refractivity contribution in [1.82, 2.24) is 14.5 Å². The van der Waals surface area contributed by atoms with Gasteiger partial charge in [-0.3, -0.25) is 0 Å². The molecule has 0 aliphatic rings. The van der Waals surface area contributed by atoms with Gasteiger partial charge in [-0.2, -0.15) is 0 Å². The molecule has 0 spiro atoms. The van der Waals surface area contributed by atoms with Gasteiger partial charge in [0.25, 0.3) is 0 Å². The van der Waals surface area contributed by atoms with Crippen molar-refractivity contribution in [3.05, 3.63) is 76.7 Å². The van der Waals surface area contributed by atoms with Gasteiger partial charge in [0.05, 0.1) is 23.4 Å². The van der Waals surface area contributed by atoms with Gasteiger partial charge in [-0.25, -0.2) is 18.7 Å². The molecule has 1 N–H and O–H groups in total. The van der Waals surface area contributed by atoms with Crippen molar-refractivity contribution in [2.45, 2.75) is 20.8 Å². The van der Waals surface area contributed by atoms with Gasteiger partial charge in [0.15, 0.2) is 5.13 Å². The van der Waals surface area contributed by atoms with E-state index < -0.39 is 0 Å². The van der Waals surface area contributed by atoms with Crippen LogP contribution >= 0.6 is 11.3 Å². The van der Waals surface area contributed by atoms with E-state index in [-0.39, 0.29) is 11.6 Å². The van der Waals surface area contributed by atoms with Crippen LogP contribution in [0.5, 0.6) is 0 Å². The summed E-state index contributed by atoms with van der Waals surface area (Å²) in [5, 5.41) is 5.61. The van der Waals surface area contributed by atoms with Gasteiger partial charge in [0.2, 0.25) is 0 Å². The fourth-order valence-electron chi connectivity index (χ4n) is 2.97. The Bertz CT molecular complexity index is 1160. The number of hydrogen-bond donors (Lipinski definition) is 1. The molecule has 4 nitrogen and oxygen atoms in total. The van der Waals surface area contributed by atoms with Crippen LogP contribution in [0.15, 0.2) is 48.2 Å². The minimum atomic E-state index is -0.353. The standard InChI is InChI=1S/C21H18F2N4S/c1-12-6-13(2)18(8-16(12)22)25-21-26-19(10-28-21)15-4-5-20(17(23)7-15)27-9-14(3)24-11-27/h4-11H,1-3H3,(H,25,26). The zero-order valence-electron chi connectivity index (χ0n) is 15.6. The molecule has 2 aromatic heterocycles. The molecule has 2 aromatic carbocycles. The van der Waals surface area contributed by atoms with E-state index in [1.165, 1.54) is 23.5 Å². The lowest BCUT2D eigenvalue weighted by Gasteiger charge is -2.08. The largest absolute Gasteiger partial charge is 0.331 e. The van der Waals surface area contributed by atoms with Crippen LogP contribution in [0.1, 0.15) is 16.8 Å². The molecule has 142 valence electrons. The summed E-state index contributed by atoms with van der Waals surface area (Å²) in [5.41, 5.74) is 4.79. The minimum absolute atomic E-state index is 0.266. The molecule has 0 unspecified atom stereocenters. The summed E-state index contributed by atoms with van der Waals surface area (Å²) in [4.78, 5) is 8.64. The van der Waals surface area contributed by atoms with Crippen LogP contribution in [0.3, 0.4) is 0 Å². The average Bonchev–Trinajstić information content (AvgIpc) is 3.29. The topological polar surface area (TPSA) is 42.7 Å². The summed E-state index contributed by atoms with van der Waals surface area (Å²) >= 11 is 1.39. The lowest BCUT2D eigenvalue weighted by Crippen LogP contribution is -1.96. The Balaban J connectivity index is 1.59. The number of aryl methyl sites for hydroxylation is 3. The minimum Gasteiger partial charge on any atom is -0.331 e. The van der Waals surface area contributed by atoms with Gasteiger partial charge in [0, 0.05) is 22.8 Å². The molecule has 0 saturated heterocycles. The fourth-order valence-corrected chi connectivity index (χ4v) is 3.70. The Kier molecular flexibility index (Phi) is 4.68. The summed E-state index contributed by atoms with van der Waals surface area (Å²) in [7, 11) is 0. The Morgan fingerprint density at radius 1 is 1.00 bits per heavy atom. The second-order valence-electron chi connectivity index (χ2n) is 6.67. The number of rotatable bonds is 4. The van der Waals surface area contributed by atoms with Crippen LogP contribution in [0.25, 0.3) is 16.9 Å². The van der Waals surface area contributed by atoms with Crippen molar-refractivity contribution in [3.63, 3.8) is 0 Å². The number of halogens is 2. The Morgan fingerprint density at radius 2 is 1.82 bits per heavy atom. The van der Waals surface area contributed by atoms with Crippen LogP contribution in [0.2, 0.25) is 0 Å². The molecule has 0 radical (unpaired) electrons. The smallest absolute Gasteiger partial charge is 0.187 e. The Labute approximate surface area is 165 Å². The maximum atomic E-state index is 14.6. The molecular formula is C21H18F2N4S. The summed E-state index contributed by atoms with van der Waals surface area (Å²) in [5.74, 6) is -0.619. The first kappa shape index (κ1) is 18.3. The van der Waals surface area contributed by atoms with E-state index in [9.17, 15) is 8.78 Å². The van der Waals surface area contributed by atoms with Crippen molar-refractivity contribution < 1.29 is 8.78 Å². The van der Waals surface area contributed by atoms with Gasteiger partial charge in [-0.05, 0) is 50.1 Å². The van der Waals surface area contributed by atoms with E-state index >= 15 is 0 Å². The van der Waals surface area contributed by atoms with Crippen molar-refractivity contribution >= 4 is 22.2 Å².